The van der Waals surface area contributed by atoms with Crippen molar-refractivity contribution >= 4 is 23.1 Å². The van der Waals surface area contributed by atoms with Crippen LogP contribution in [0.1, 0.15) is 0 Å². The maximum Gasteiger partial charge on any atom is 0.307 e. The summed E-state index contributed by atoms with van der Waals surface area (Å²) in [6.45, 7) is 0. The smallest absolute Gasteiger partial charge is 0.307 e. The number of hydrazine groups is 1. The van der Waals surface area contributed by atoms with Gasteiger partial charge in [-0.05, 0) is 24.3 Å². The second-order valence-electron chi connectivity index (χ2n) is 3.34. The van der Waals surface area contributed by atoms with E-state index in [1.807, 2.05) is 0 Å². The molecule has 1 heterocycles. The number of nitro groups is 1. The molecule has 0 atom stereocenters. The average Bonchev–Trinajstić information content (AvgIpc) is 2.39. The number of aromatic nitrogens is 1. The van der Waals surface area contributed by atoms with Crippen molar-refractivity contribution in [3.63, 3.8) is 0 Å². The number of hydrogen-bond acceptors (Lipinski definition) is 6. The van der Waals surface area contributed by atoms with Crippen LogP contribution in [0.15, 0.2) is 52.5 Å². The van der Waals surface area contributed by atoms with Crippen LogP contribution in [0.25, 0.3) is 0 Å². The zero-order chi connectivity index (χ0) is 13.0. The molecule has 1 aromatic carbocycles. The van der Waals surface area contributed by atoms with Gasteiger partial charge in [-0.1, -0.05) is 17.8 Å². The summed E-state index contributed by atoms with van der Waals surface area (Å²) in [7, 11) is 0. The molecule has 3 N–H and O–H groups in total. The molecule has 0 aliphatic rings. The molecule has 0 radical (unpaired) electrons. The van der Waals surface area contributed by atoms with Gasteiger partial charge in [0.2, 0.25) is 0 Å². The SMILES string of the molecule is NNc1cccc(Sc2ccncc2)c1[N+](=O)[O-]. The molecule has 7 heteroatoms. The van der Waals surface area contributed by atoms with Gasteiger partial charge >= 0.3 is 5.69 Å². The van der Waals surface area contributed by atoms with Gasteiger partial charge in [-0.2, -0.15) is 0 Å². The third-order valence-corrected chi connectivity index (χ3v) is 3.27. The summed E-state index contributed by atoms with van der Waals surface area (Å²) in [5, 5.41) is 11.1. The zero-order valence-corrected chi connectivity index (χ0v) is 10.1. The fourth-order valence-corrected chi connectivity index (χ4v) is 2.38. The molecule has 0 aliphatic heterocycles. The first-order chi connectivity index (χ1) is 8.72. The minimum atomic E-state index is -0.446. The van der Waals surface area contributed by atoms with E-state index in [-0.39, 0.29) is 5.69 Å². The second-order valence-corrected chi connectivity index (χ2v) is 4.45. The summed E-state index contributed by atoms with van der Waals surface area (Å²) in [4.78, 5) is 15.9. The Morgan fingerprint density at radius 1 is 1.28 bits per heavy atom. The summed E-state index contributed by atoms with van der Waals surface area (Å²) in [5.41, 5.74) is 2.60. The molecule has 6 nitrogen and oxygen atoms in total. The molecule has 0 unspecified atom stereocenters. The summed E-state index contributed by atoms with van der Waals surface area (Å²) < 4.78 is 0. The molecule has 2 aromatic rings. The average molecular weight is 262 g/mol. The van der Waals surface area contributed by atoms with Gasteiger partial charge in [-0.25, -0.2) is 0 Å². The van der Waals surface area contributed by atoms with Crippen molar-refractivity contribution in [1.29, 1.82) is 0 Å². The summed E-state index contributed by atoms with van der Waals surface area (Å²) in [6.07, 6.45) is 3.28. The minimum Gasteiger partial charge on any atom is -0.318 e. The third kappa shape index (κ3) is 2.58. The van der Waals surface area contributed by atoms with E-state index >= 15 is 0 Å². The maximum atomic E-state index is 11.1. The van der Waals surface area contributed by atoms with Crippen molar-refractivity contribution in [2.24, 2.45) is 5.84 Å². The lowest BCUT2D eigenvalue weighted by molar-refractivity contribution is -0.386. The highest BCUT2D eigenvalue weighted by atomic mass is 32.2. The molecule has 0 saturated heterocycles. The lowest BCUT2D eigenvalue weighted by Gasteiger charge is -2.06. The van der Waals surface area contributed by atoms with Crippen LogP contribution in [0.2, 0.25) is 0 Å². The number of nitro benzene ring substituents is 1. The number of nitrogen functional groups attached to an aromatic ring is 1. The molecular formula is C11H10N4O2S. The fraction of sp³-hybridized carbons (Fsp3) is 0. The number of nitrogens with two attached hydrogens (primary N) is 1. The summed E-state index contributed by atoms with van der Waals surface area (Å²) >= 11 is 1.29. The van der Waals surface area contributed by atoms with E-state index < -0.39 is 4.92 Å². The van der Waals surface area contributed by atoms with Crippen LogP contribution in [-0.4, -0.2) is 9.91 Å². The van der Waals surface area contributed by atoms with Crippen LogP contribution in [-0.2, 0) is 0 Å². The van der Waals surface area contributed by atoms with E-state index in [9.17, 15) is 10.1 Å². The molecule has 0 amide bonds. The van der Waals surface area contributed by atoms with Gasteiger partial charge in [0.05, 0.1) is 9.82 Å². The van der Waals surface area contributed by atoms with E-state index in [4.69, 9.17) is 5.84 Å². The minimum absolute atomic E-state index is 0.0261. The van der Waals surface area contributed by atoms with Gasteiger partial charge in [0.1, 0.15) is 5.69 Å². The highest BCUT2D eigenvalue weighted by Crippen LogP contribution is 2.38. The van der Waals surface area contributed by atoms with Crippen molar-refractivity contribution in [2.75, 3.05) is 5.43 Å². The largest absolute Gasteiger partial charge is 0.318 e. The summed E-state index contributed by atoms with van der Waals surface area (Å²) in [5.74, 6) is 5.28. The lowest BCUT2D eigenvalue weighted by atomic mass is 10.3. The number of pyridine rings is 1. The predicted molar refractivity (Wildman–Crippen MR) is 69.3 cm³/mol. The molecule has 0 bridgehead atoms. The van der Waals surface area contributed by atoms with Crippen LogP contribution >= 0.6 is 11.8 Å². The molecule has 0 aliphatic carbocycles. The number of nitrogens with zero attached hydrogens (tertiary/aromatic N) is 2. The van der Waals surface area contributed by atoms with Gasteiger partial charge in [0.25, 0.3) is 0 Å². The van der Waals surface area contributed by atoms with Gasteiger partial charge < -0.3 is 5.43 Å². The van der Waals surface area contributed by atoms with Crippen LogP contribution in [0, 0.1) is 10.1 Å². The van der Waals surface area contributed by atoms with Gasteiger partial charge in [-0.3, -0.25) is 20.9 Å². The molecule has 0 spiro atoms. The standard InChI is InChI=1S/C11H10N4O2S/c12-14-9-2-1-3-10(11(9)15(16)17)18-8-4-6-13-7-5-8/h1-7,14H,12H2. The number of hydrogen-bond donors (Lipinski definition) is 2. The van der Waals surface area contributed by atoms with E-state index in [0.717, 1.165) is 4.90 Å². The Labute approximate surface area is 107 Å². The monoisotopic (exact) mass is 262 g/mol. The highest BCUT2D eigenvalue weighted by molar-refractivity contribution is 7.99. The van der Waals surface area contributed by atoms with Crippen LogP contribution < -0.4 is 11.3 Å². The molecular weight excluding hydrogens is 252 g/mol. The van der Waals surface area contributed by atoms with E-state index in [1.54, 1.807) is 42.7 Å². The lowest BCUT2D eigenvalue weighted by Crippen LogP contribution is -2.09. The predicted octanol–water partition coefficient (Wildman–Crippen LogP) is 2.43. The van der Waals surface area contributed by atoms with E-state index in [1.165, 1.54) is 11.8 Å². The second kappa shape index (κ2) is 5.48. The molecule has 2 rings (SSSR count). The van der Waals surface area contributed by atoms with E-state index in [0.29, 0.717) is 10.6 Å². The van der Waals surface area contributed by atoms with Crippen LogP contribution in [0.4, 0.5) is 11.4 Å². The first-order valence-corrected chi connectivity index (χ1v) is 5.86. The maximum absolute atomic E-state index is 11.1. The Hall–Kier alpha value is -2.12. The molecule has 92 valence electrons. The number of anilines is 1. The highest BCUT2D eigenvalue weighted by Gasteiger charge is 2.19. The van der Waals surface area contributed by atoms with Crippen molar-refractivity contribution < 1.29 is 4.92 Å². The number of rotatable bonds is 4. The first kappa shape index (κ1) is 12.3. The Balaban J connectivity index is 2.42. The van der Waals surface area contributed by atoms with Crippen LogP contribution in [0.3, 0.4) is 0 Å². The fourth-order valence-electron chi connectivity index (χ4n) is 1.44. The topological polar surface area (TPSA) is 94.1 Å². The normalized spacial score (nSPS) is 10.1. The number of nitrogens with one attached hydrogen (secondary N) is 1. The molecule has 1 aromatic heterocycles. The van der Waals surface area contributed by atoms with Crippen molar-refractivity contribution in [2.45, 2.75) is 9.79 Å². The quantitative estimate of drug-likeness (QED) is 0.499. The van der Waals surface area contributed by atoms with Crippen molar-refractivity contribution in [3.05, 3.63) is 52.8 Å². The Morgan fingerprint density at radius 2 is 2.00 bits per heavy atom. The number of benzene rings is 1. The molecule has 18 heavy (non-hydrogen) atoms. The van der Waals surface area contributed by atoms with Crippen LogP contribution in [0.5, 0.6) is 0 Å². The molecule has 0 fully saturated rings. The Kier molecular flexibility index (Phi) is 3.75. The zero-order valence-electron chi connectivity index (χ0n) is 9.24. The first-order valence-electron chi connectivity index (χ1n) is 5.04. The Morgan fingerprint density at radius 3 is 2.61 bits per heavy atom. The molecule has 0 saturated carbocycles. The van der Waals surface area contributed by atoms with Gasteiger partial charge in [0.15, 0.2) is 0 Å². The van der Waals surface area contributed by atoms with Gasteiger partial charge in [0, 0.05) is 17.3 Å². The third-order valence-electron chi connectivity index (χ3n) is 2.21. The van der Waals surface area contributed by atoms with E-state index in [2.05, 4.69) is 10.4 Å². The Bertz CT molecular complexity index is 562. The van der Waals surface area contributed by atoms with Gasteiger partial charge in [-0.15, -0.1) is 0 Å². The van der Waals surface area contributed by atoms with Crippen molar-refractivity contribution in [1.82, 2.24) is 4.98 Å². The number of para-hydroxylation sites is 1. The van der Waals surface area contributed by atoms with Crippen molar-refractivity contribution in [3.8, 4) is 0 Å². The summed E-state index contributed by atoms with van der Waals surface area (Å²) in [6, 6.07) is 8.54.